The highest BCUT2D eigenvalue weighted by molar-refractivity contribution is 5.96. The lowest BCUT2D eigenvalue weighted by Gasteiger charge is -2.35. The van der Waals surface area contributed by atoms with Crippen LogP contribution < -0.4 is 16.0 Å². The van der Waals surface area contributed by atoms with Gasteiger partial charge in [-0.05, 0) is 85.5 Å². The Morgan fingerprint density at radius 1 is 1.02 bits per heavy atom. The topological polar surface area (TPSA) is 152 Å². The van der Waals surface area contributed by atoms with Crippen molar-refractivity contribution in [2.75, 3.05) is 27.2 Å². The van der Waals surface area contributed by atoms with E-state index < -0.39 is 23.5 Å². The number of carboxylic acid groups (broad SMARTS) is 1. The molecule has 1 aliphatic heterocycles. The zero-order valence-electron chi connectivity index (χ0n) is 23.0. The van der Waals surface area contributed by atoms with Crippen LogP contribution in [0.5, 0.6) is 0 Å². The number of nitriles is 1. The highest BCUT2D eigenvalue weighted by Gasteiger charge is 2.47. The fourth-order valence-corrected chi connectivity index (χ4v) is 6.05. The molecule has 0 bridgehead atoms. The molecule has 2 aliphatic rings. The minimum atomic E-state index is -1.50. The molecule has 0 spiro atoms. The average Bonchev–Trinajstić information content (AvgIpc) is 3.40. The lowest BCUT2D eigenvalue weighted by Crippen LogP contribution is -2.47. The number of likely N-dealkylation sites (tertiary alicyclic amines) is 1. The summed E-state index contributed by atoms with van der Waals surface area (Å²) in [6, 6.07) is 11.5. The molecule has 210 valence electrons. The molecule has 0 aromatic heterocycles. The second kappa shape index (κ2) is 11.9. The number of carbonyl (C=O) groups is 4. The average molecular weight is 546 g/mol. The van der Waals surface area contributed by atoms with Crippen molar-refractivity contribution in [3.8, 4) is 6.07 Å². The first-order chi connectivity index (χ1) is 19.2. The van der Waals surface area contributed by atoms with Gasteiger partial charge in [-0.1, -0.05) is 12.1 Å². The summed E-state index contributed by atoms with van der Waals surface area (Å²) >= 11 is 0. The fraction of sp³-hybridized carbons (Fsp3) is 0.433. The molecule has 0 unspecified atom stereocenters. The van der Waals surface area contributed by atoms with Crippen molar-refractivity contribution >= 4 is 23.7 Å². The monoisotopic (exact) mass is 545 g/mol. The first kappa shape index (κ1) is 28.8. The van der Waals surface area contributed by atoms with Gasteiger partial charge in [0, 0.05) is 37.8 Å². The maximum Gasteiger partial charge on any atom is 0.318 e. The molecule has 1 aliphatic carbocycles. The molecule has 2 aromatic rings. The molecule has 3 amide bonds. The first-order valence-corrected chi connectivity index (χ1v) is 13.5. The number of rotatable bonds is 8. The number of hydrogen-bond donors (Lipinski definition) is 4. The van der Waals surface area contributed by atoms with Gasteiger partial charge in [-0.2, -0.15) is 5.26 Å². The van der Waals surface area contributed by atoms with E-state index in [1.54, 1.807) is 55.4 Å². The minimum absolute atomic E-state index is 0.0139. The number of fused-ring (bicyclic) bond motifs is 2. The van der Waals surface area contributed by atoms with Crippen LogP contribution in [0.3, 0.4) is 0 Å². The van der Waals surface area contributed by atoms with Crippen LogP contribution in [-0.2, 0) is 27.8 Å². The Morgan fingerprint density at radius 3 is 2.05 bits per heavy atom. The number of carbonyl (C=O) groups excluding carboxylic acids is 3. The summed E-state index contributed by atoms with van der Waals surface area (Å²) in [5, 5.41) is 28.7. The van der Waals surface area contributed by atoms with E-state index in [0.717, 1.165) is 17.5 Å². The molecule has 1 saturated heterocycles. The number of aryl methyl sites for hydroxylation is 2. The molecule has 10 nitrogen and oxygen atoms in total. The first-order valence-electron chi connectivity index (χ1n) is 13.5. The maximum atomic E-state index is 13.4. The van der Waals surface area contributed by atoms with Crippen molar-refractivity contribution in [2.24, 2.45) is 0 Å². The van der Waals surface area contributed by atoms with E-state index >= 15 is 0 Å². The number of aliphatic carboxylic acids is 1. The fourth-order valence-electron chi connectivity index (χ4n) is 6.05. The summed E-state index contributed by atoms with van der Waals surface area (Å²) in [5.41, 5.74) is 2.05. The Morgan fingerprint density at radius 2 is 1.57 bits per heavy atom. The third kappa shape index (κ3) is 5.29. The van der Waals surface area contributed by atoms with Crippen molar-refractivity contribution in [3.63, 3.8) is 0 Å². The zero-order valence-corrected chi connectivity index (χ0v) is 23.0. The summed E-state index contributed by atoms with van der Waals surface area (Å²) in [7, 11) is 3.09. The van der Waals surface area contributed by atoms with Crippen molar-refractivity contribution in [1.82, 2.24) is 20.9 Å². The van der Waals surface area contributed by atoms with Gasteiger partial charge >= 0.3 is 5.97 Å². The van der Waals surface area contributed by atoms with Crippen molar-refractivity contribution < 1.29 is 24.3 Å². The number of hydrogen-bond acceptors (Lipinski definition) is 6. The molecular formula is C30H35N5O5. The molecule has 0 saturated carbocycles. The second-order valence-electron chi connectivity index (χ2n) is 10.5. The lowest BCUT2D eigenvalue weighted by molar-refractivity contribution is -0.142. The van der Waals surface area contributed by atoms with Gasteiger partial charge in [0.25, 0.3) is 11.8 Å². The molecule has 2 atom stereocenters. The summed E-state index contributed by atoms with van der Waals surface area (Å²) in [6.07, 6.45) is 2.54. The minimum Gasteiger partial charge on any atom is -0.480 e. The Bertz CT molecular complexity index is 1310. The Kier molecular flexibility index (Phi) is 8.55. The molecule has 2 aromatic carbocycles. The third-order valence-electron chi connectivity index (χ3n) is 8.07. The summed E-state index contributed by atoms with van der Waals surface area (Å²) in [5.74, 6) is -1.77. The van der Waals surface area contributed by atoms with Crippen molar-refractivity contribution in [1.29, 1.82) is 5.26 Å². The SMILES string of the molecule is CNC(=O)c1ccc2c(c1)CCc1cc(C(=O)NC)ccc1C2(C[C@@H](C)NCC(=O)N1CCC[C@H]1C#N)C(=O)O. The maximum absolute atomic E-state index is 13.4. The van der Waals surface area contributed by atoms with Crippen LogP contribution >= 0.6 is 0 Å². The molecule has 0 radical (unpaired) electrons. The van der Waals surface area contributed by atoms with Crippen molar-refractivity contribution in [3.05, 3.63) is 69.8 Å². The quantitative estimate of drug-likeness (QED) is 0.394. The highest BCUT2D eigenvalue weighted by Crippen LogP contribution is 2.44. The number of carboxylic acids is 1. The molecule has 40 heavy (non-hydrogen) atoms. The van der Waals surface area contributed by atoms with E-state index in [0.29, 0.717) is 48.1 Å². The highest BCUT2D eigenvalue weighted by atomic mass is 16.4. The van der Waals surface area contributed by atoms with Gasteiger partial charge in [-0.3, -0.25) is 19.2 Å². The van der Waals surface area contributed by atoms with Crippen LogP contribution in [0.2, 0.25) is 0 Å². The molecular weight excluding hydrogens is 510 g/mol. The second-order valence-corrected chi connectivity index (χ2v) is 10.5. The third-order valence-corrected chi connectivity index (χ3v) is 8.07. The van der Waals surface area contributed by atoms with E-state index in [9.17, 15) is 29.5 Å². The van der Waals surface area contributed by atoms with Gasteiger partial charge in [0.05, 0.1) is 12.6 Å². The van der Waals surface area contributed by atoms with Crippen LogP contribution in [0, 0.1) is 11.3 Å². The van der Waals surface area contributed by atoms with E-state index in [2.05, 4.69) is 22.0 Å². The number of benzene rings is 2. The van der Waals surface area contributed by atoms with Crippen LogP contribution in [0.25, 0.3) is 0 Å². The summed E-state index contributed by atoms with van der Waals surface area (Å²) < 4.78 is 0. The van der Waals surface area contributed by atoms with E-state index in [1.165, 1.54) is 0 Å². The molecule has 1 heterocycles. The van der Waals surface area contributed by atoms with E-state index in [-0.39, 0.29) is 30.7 Å². The van der Waals surface area contributed by atoms with Crippen molar-refractivity contribution in [2.45, 2.75) is 56.5 Å². The molecule has 4 rings (SSSR count). The largest absolute Gasteiger partial charge is 0.480 e. The Labute approximate surface area is 233 Å². The van der Waals surface area contributed by atoms with Crippen LogP contribution in [0.4, 0.5) is 0 Å². The van der Waals surface area contributed by atoms with Gasteiger partial charge in [-0.15, -0.1) is 0 Å². The van der Waals surface area contributed by atoms with Crippen LogP contribution in [-0.4, -0.2) is 73.0 Å². The lowest BCUT2D eigenvalue weighted by atomic mass is 9.68. The zero-order chi connectivity index (χ0) is 29.0. The van der Waals surface area contributed by atoms with Gasteiger partial charge in [0.1, 0.15) is 11.5 Å². The predicted molar refractivity (Wildman–Crippen MR) is 148 cm³/mol. The van der Waals surface area contributed by atoms with E-state index in [4.69, 9.17) is 0 Å². The van der Waals surface area contributed by atoms with E-state index in [1.807, 2.05) is 6.92 Å². The summed E-state index contributed by atoms with van der Waals surface area (Å²) in [6.45, 7) is 2.36. The van der Waals surface area contributed by atoms with Crippen LogP contribution in [0.15, 0.2) is 36.4 Å². The summed E-state index contributed by atoms with van der Waals surface area (Å²) in [4.78, 5) is 52.6. The molecule has 1 fully saturated rings. The Balaban J connectivity index is 1.75. The number of amides is 3. The Hall–Kier alpha value is -4.23. The van der Waals surface area contributed by atoms with Gasteiger partial charge in [0.2, 0.25) is 5.91 Å². The smallest absolute Gasteiger partial charge is 0.318 e. The predicted octanol–water partition coefficient (Wildman–Crippen LogP) is 1.76. The standard InChI is InChI=1S/C30H35N5O5/c1-18(34-17-26(36)35-12-4-5-23(35)16-31)15-30(29(39)40)24-10-8-21(27(37)32-2)13-19(24)6-7-20-14-22(28(38)33-3)9-11-25(20)30/h8-11,13-14,18,23,34H,4-7,12,15,17H2,1-3H3,(H,32,37)(H,33,38)(H,39,40)/t18-,23+/m1/s1. The van der Waals surface area contributed by atoms with Gasteiger partial charge in [0.15, 0.2) is 0 Å². The van der Waals surface area contributed by atoms with Gasteiger partial charge < -0.3 is 26.0 Å². The molecule has 10 heteroatoms. The molecule has 4 N–H and O–H groups in total. The number of nitrogens with one attached hydrogen (secondary N) is 3. The number of nitrogens with zero attached hydrogens (tertiary/aromatic N) is 2. The van der Waals surface area contributed by atoms with Crippen LogP contribution in [0.1, 0.15) is 69.2 Å². The van der Waals surface area contributed by atoms with Gasteiger partial charge in [-0.25, -0.2) is 0 Å². The normalized spacial score (nSPS) is 17.9.